The number of thiophene rings is 1. The number of hydrogen-bond donors (Lipinski definition) is 1. The Kier molecular flexibility index (Phi) is 4.70. The van der Waals surface area contributed by atoms with Crippen molar-refractivity contribution >= 4 is 11.3 Å². The zero-order valence-corrected chi connectivity index (χ0v) is 13.6. The van der Waals surface area contributed by atoms with Crippen molar-refractivity contribution in [1.29, 1.82) is 0 Å². The lowest BCUT2D eigenvalue weighted by Crippen LogP contribution is -2.18. The fraction of sp³-hybridized carbons (Fsp3) is 0.625. The first-order valence-corrected chi connectivity index (χ1v) is 8.72. The van der Waals surface area contributed by atoms with E-state index < -0.39 is 0 Å². The van der Waals surface area contributed by atoms with Crippen molar-refractivity contribution in [3.8, 4) is 0 Å². The van der Waals surface area contributed by atoms with Crippen molar-refractivity contribution in [3.63, 3.8) is 0 Å². The van der Waals surface area contributed by atoms with Crippen LogP contribution in [0.2, 0.25) is 0 Å². The van der Waals surface area contributed by atoms with Crippen molar-refractivity contribution in [1.82, 2.24) is 15.5 Å². The normalized spacial score (nSPS) is 18.0. The third kappa shape index (κ3) is 3.52. The van der Waals surface area contributed by atoms with Crippen LogP contribution in [-0.4, -0.2) is 10.1 Å². The summed E-state index contributed by atoms with van der Waals surface area (Å²) in [6.07, 6.45) is 6.34. The van der Waals surface area contributed by atoms with Gasteiger partial charge in [0.25, 0.3) is 0 Å². The predicted molar refractivity (Wildman–Crippen MR) is 84.4 cm³/mol. The maximum atomic E-state index is 5.46. The standard InChI is InChI=1S/C16H23N3OS/c1-11-8-9-21-14(11)10-17-12(2)16-18-15(19-20-16)13-6-4-3-5-7-13/h8-9,12-13,17H,3-7,10H2,1-2H3. The fourth-order valence-electron chi connectivity index (χ4n) is 2.87. The summed E-state index contributed by atoms with van der Waals surface area (Å²) >= 11 is 1.79. The van der Waals surface area contributed by atoms with Gasteiger partial charge >= 0.3 is 0 Å². The van der Waals surface area contributed by atoms with Crippen LogP contribution in [0, 0.1) is 6.92 Å². The topological polar surface area (TPSA) is 51.0 Å². The summed E-state index contributed by atoms with van der Waals surface area (Å²) in [7, 11) is 0. The monoisotopic (exact) mass is 305 g/mol. The van der Waals surface area contributed by atoms with E-state index in [0.717, 1.165) is 12.4 Å². The first-order chi connectivity index (χ1) is 10.2. The van der Waals surface area contributed by atoms with Crippen molar-refractivity contribution in [2.24, 2.45) is 0 Å². The molecule has 21 heavy (non-hydrogen) atoms. The minimum absolute atomic E-state index is 0.0938. The van der Waals surface area contributed by atoms with Gasteiger partial charge < -0.3 is 9.84 Å². The molecule has 2 aromatic heterocycles. The Labute approximate surface area is 130 Å². The summed E-state index contributed by atoms with van der Waals surface area (Å²) in [4.78, 5) is 5.99. The Hall–Kier alpha value is -1.20. The van der Waals surface area contributed by atoms with Crippen LogP contribution in [0.5, 0.6) is 0 Å². The Bertz CT molecular complexity index is 572. The van der Waals surface area contributed by atoms with Gasteiger partial charge in [0.05, 0.1) is 6.04 Å². The molecular weight excluding hydrogens is 282 g/mol. The first kappa shape index (κ1) is 14.7. The van der Waals surface area contributed by atoms with Crippen molar-refractivity contribution < 1.29 is 4.52 Å². The van der Waals surface area contributed by atoms with Gasteiger partial charge in [-0.25, -0.2) is 0 Å². The molecule has 0 radical (unpaired) electrons. The molecule has 0 aliphatic heterocycles. The van der Waals surface area contributed by atoms with E-state index in [1.165, 1.54) is 42.5 Å². The summed E-state index contributed by atoms with van der Waals surface area (Å²) in [5.41, 5.74) is 1.34. The predicted octanol–water partition coefficient (Wildman–Crippen LogP) is 4.34. The first-order valence-electron chi connectivity index (χ1n) is 7.84. The van der Waals surface area contributed by atoms with E-state index in [-0.39, 0.29) is 6.04 Å². The molecule has 1 fully saturated rings. The van der Waals surface area contributed by atoms with E-state index in [0.29, 0.717) is 11.8 Å². The minimum atomic E-state index is 0.0938. The molecule has 0 saturated heterocycles. The van der Waals surface area contributed by atoms with Gasteiger partial charge in [0.2, 0.25) is 5.89 Å². The van der Waals surface area contributed by atoms with Crippen LogP contribution in [0.3, 0.4) is 0 Å². The second-order valence-electron chi connectivity index (χ2n) is 5.96. The van der Waals surface area contributed by atoms with Crippen LogP contribution >= 0.6 is 11.3 Å². The van der Waals surface area contributed by atoms with Gasteiger partial charge in [0, 0.05) is 17.3 Å². The Morgan fingerprint density at radius 2 is 2.19 bits per heavy atom. The highest BCUT2D eigenvalue weighted by atomic mass is 32.1. The van der Waals surface area contributed by atoms with Gasteiger partial charge in [-0.1, -0.05) is 24.4 Å². The molecule has 4 nitrogen and oxygen atoms in total. The zero-order valence-electron chi connectivity index (χ0n) is 12.8. The molecule has 1 unspecified atom stereocenters. The molecule has 1 aliphatic carbocycles. The van der Waals surface area contributed by atoms with Gasteiger partial charge in [0.15, 0.2) is 5.82 Å². The molecule has 2 aromatic rings. The lowest BCUT2D eigenvalue weighted by atomic mass is 9.89. The molecule has 0 spiro atoms. The van der Waals surface area contributed by atoms with E-state index in [4.69, 9.17) is 4.52 Å². The van der Waals surface area contributed by atoms with Gasteiger partial charge in [0.1, 0.15) is 0 Å². The van der Waals surface area contributed by atoms with E-state index >= 15 is 0 Å². The number of aromatic nitrogens is 2. The van der Waals surface area contributed by atoms with Gasteiger partial charge in [-0.3, -0.25) is 0 Å². The van der Waals surface area contributed by atoms with Crippen molar-refractivity contribution in [2.45, 2.75) is 64.5 Å². The van der Waals surface area contributed by atoms with E-state index in [1.807, 2.05) is 0 Å². The molecule has 5 heteroatoms. The molecule has 1 aliphatic rings. The largest absolute Gasteiger partial charge is 0.338 e. The summed E-state index contributed by atoms with van der Waals surface area (Å²) in [6.45, 7) is 5.08. The molecule has 1 saturated carbocycles. The van der Waals surface area contributed by atoms with Crippen LogP contribution in [0.1, 0.15) is 73.1 Å². The maximum absolute atomic E-state index is 5.46. The fourth-order valence-corrected chi connectivity index (χ4v) is 3.73. The average molecular weight is 305 g/mol. The summed E-state index contributed by atoms with van der Waals surface area (Å²) in [6, 6.07) is 2.25. The molecule has 114 valence electrons. The molecule has 1 N–H and O–H groups in total. The van der Waals surface area contributed by atoms with Crippen molar-refractivity contribution in [3.05, 3.63) is 33.6 Å². The lowest BCUT2D eigenvalue weighted by Gasteiger charge is -2.17. The van der Waals surface area contributed by atoms with E-state index in [2.05, 4.69) is 40.8 Å². The molecule has 2 heterocycles. The van der Waals surface area contributed by atoms with E-state index in [9.17, 15) is 0 Å². The minimum Gasteiger partial charge on any atom is -0.338 e. The highest BCUT2D eigenvalue weighted by Crippen LogP contribution is 2.31. The van der Waals surface area contributed by atoms with Crippen LogP contribution in [0.25, 0.3) is 0 Å². The Morgan fingerprint density at radius 3 is 2.90 bits per heavy atom. The number of rotatable bonds is 5. The van der Waals surface area contributed by atoms with Gasteiger partial charge in [-0.2, -0.15) is 4.98 Å². The second kappa shape index (κ2) is 6.71. The molecular formula is C16H23N3OS. The number of aryl methyl sites for hydroxylation is 1. The van der Waals surface area contributed by atoms with Gasteiger partial charge in [-0.15, -0.1) is 11.3 Å². The summed E-state index contributed by atoms with van der Waals surface area (Å²) in [5.74, 6) is 2.12. The molecule has 0 bridgehead atoms. The molecule has 3 rings (SSSR count). The van der Waals surface area contributed by atoms with Crippen LogP contribution in [0.15, 0.2) is 16.0 Å². The van der Waals surface area contributed by atoms with Crippen molar-refractivity contribution in [2.75, 3.05) is 0 Å². The number of nitrogens with one attached hydrogen (secondary N) is 1. The van der Waals surface area contributed by atoms with Crippen LogP contribution in [-0.2, 0) is 6.54 Å². The SMILES string of the molecule is Cc1ccsc1CNC(C)c1nc(C2CCCCC2)no1. The average Bonchev–Trinajstić information content (AvgIpc) is 3.15. The van der Waals surface area contributed by atoms with Crippen LogP contribution in [0.4, 0.5) is 0 Å². The molecule has 1 atom stereocenters. The smallest absolute Gasteiger partial charge is 0.243 e. The lowest BCUT2D eigenvalue weighted by molar-refractivity contribution is 0.329. The van der Waals surface area contributed by atoms with E-state index in [1.54, 1.807) is 11.3 Å². The second-order valence-corrected chi connectivity index (χ2v) is 6.96. The Balaban J connectivity index is 1.58. The number of nitrogens with zero attached hydrogens (tertiary/aromatic N) is 2. The highest BCUT2D eigenvalue weighted by Gasteiger charge is 2.22. The zero-order chi connectivity index (χ0) is 14.7. The van der Waals surface area contributed by atoms with Crippen LogP contribution < -0.4 is 5.32 Å². The Morgan fingerprint density at radius 1 is 1.38 bits per heavy atom. The summed E-state index contributed by atoms with van der Waals surface area (Å²) in [5, 5.41) is 9.80. The number of hydrogen-bond acceptors (Lipinski definition) is 5. The highest BCUT2D eigenvalue weighted by molar-refractivity contribution is 7.10. The summed E-state index contributed by atoms with van der Waals surface area (Å²) < 4.78 is 5.46. The molecule has 0 aromatic carbocycles. The quantitative estimate of drug-likeness (QED) is 0.893. The third-order valence-electron chi connectivity index (χ3n) is 4.34. The molecule has 0 amide bonds. The third-order valence-corrected chi connectivity index (χ3v) is 5.36. The van der Waals surface area contributed by atoms with Gasteiger partial charge in [-0.05, 0) is 43.7 Å². The maximum Gasteiger partial charge on any atom is 0.243 e.